The van der Waals surface area contributed by atoms with Gasteiger partial charge in [0.05, 0.1) is 0 Å². The fourth-order valence-corrected chi connectivity index (χ4v) is 1.51. The summed E-state index contributed by atoms with van der Waals surface area (Å²) in [7, 11) is 0. The second-order valence-corrected chi connectivity index (χ2v) is 3.62. The molecule has 0 radical (unpaired) electrons. The topological polar surface area (TPSA) is 56.0 Å². The first kappa shape index (κ1) is 11.1. The number of pyridine rings is 1. The minimum atomic E-state index is 0.629. The lowest BCUT2D eigenvalue weighted by atomic mass is 10.1. The molecule has 2 N–H and O–H groups in total. The van der Waals surface area contributed by atoms with Gasteiger partial charge in [0.1, 0.15) is 0 Å². The van der Waals surface area contributed by atoms with Crippen molar-refractivity contribution in [3.63, 3.8) is 0 Å². The normalized spacial score (nSPS) is 10.6. The van der Waals surface area contributed by atoms with Crippen LogP contribution in [0.2, 0.25) is 0 Å². The summed E-state index contributed by atoms with van der Waals surface area (Å²) in [6, 6.07) is 9.00. The smallest absolute Gasteiger partial charge is 0.150 e. The molecule has 2 rings (SSSR count). The Balaban J connectivity index is 2.32. The van der Waals surface area contributed by atoms with Crippen LogP contribution in [0.3, 0.4) is 0 Å². The van der Waals surface area contributed by atoms with Crippen molar-refractivity contribution in [3.05, 3.63) is 59.4 Å². The van der Waals surface area contributed by atoms with Gasteiger partial charge < -0.3 is 5.73 Å². The highest BCUT2D eigenvalue weighted by molar-refractivity contribution is 5.86. The molecule has 0 aliphatic rings. The first-order valence-corrected chi connectivity index (χ1v) is 5.22. The summed E-state index contributed by atoms with van der Waals surface area (Å²) >= 11 is 0. The predicted octanol–water partition coefficient (Wildman–Crippen LogP) is 2.65. The van der Waals surface area contributed by atoms with Gasteiger partial charge >= 0.3 is 0 Å². The maximum Gasteiger partial charge on any atom is 0.150 e. The molecule has 84 valence electrons. The van der Waals surface area contributed by atoms with Crippen LogP contribution < -0.4 is 5.73 Å². The largest absolute Gasteiger partial charge is 0.399 e. The average molecular weight is 224 g/mol. The van der Waals surface area contributed by atoms with Crippen LogP contribution in [0.15, 0.2) is 42.7 Å². The molecule has 3 heteroatoms. The lowest BCUT2D eigenvalue weighted by molar-refractivity contribution is 0.112. The van der Waals surface area contributed by atoms with Crippen LogP contribution in [0.5, 0.6) is 0 Å². The van der Waals surface area contributed by atoms with Crippen molar-refractivity contribution < 1.29 is 4.79 Å². The molecular weight excluding hydrogens is 212 g/mol. The van der Waals surface area contributed by atoms with Crippen LogP contribution >= 0.6 is 0 Å². The van der Waals surface area contributed by atoms with Gasteiger partial charge in [-0.3, -0.25) is 9.78 Å². The third-order valence-corrected chi connectivity index (χ3v) is 2.40. The summed E-state index contributed by atoms with van der Waals surface area (Å²) in [6.07, 6.45) is 8.06. The molecular formula is C14H12N2O. The Bertz CT molecular complexity index is 547. The van der Waals surface area contributed by atoms with Crippen molar-refractivity contribution >= 4 is 24.1 Å². The second-order valence-electron chi connectivity index (χ2n) is 3.62. The van der Waals surface area contributed by atoms with E-state index in [0.29, 0.717) is 11.3 Å². The maximum atomic E-state index is 10.9. The van der Waals surface area contributed by atoms with Crippen LogP contribution in [-0.2, 0) is 0 Å². The van der Waals surface area contributed by atoms with Crippen LogP contribution in [0, 0.1) is 0 Å². The third-order valence-electron chi connectivity index (χ3n) is 2.40. The SMILES string of the molecule is Nc1ccc(C=O)c(/C=C/c2ccncc2)c1. The Morgan fingerprint density at radius 3 is 2.47 bits per heavy atom. The number of hydrogen-bond donors (Lipinski definition) is 1. The summed E-state index contributed by atoms with van der Waals surface area (Å²) in [4.78, 5) is 14.8. The molecule has 0 spiro atoms. The van der Waals surface area contributed by atoms with E-state index in [1.807, 2.05) is 24.3 Å². The van der Waals surface area contributed by atoms with Crippen molar-refractivity contribution in [2.45, 2.75) is 0 Å². The Kier molecular flexibility index (Phi) is 3.31. The fourth-order valence-electron chi connectivity index (χ4n) is 1.51. The number of carbonyl (C=O) groups excluding carboxylic acids is 1. The van der Waals surface area contributed by atoms with E-state index in [9.17, 15) is 4.79 Å². The average Bonchev–Trinajstić information content (AvgIpc) is 2.38. The van der Waals surface area contributed by atoms with Crippen LogP contribution in [-0.4, -0.2) is 11.3 Å². The Morgan fingerprint density at radius 2 is 1.76 bits per heavy atom. The summed E-state index contributed by atoms with van der Waals surface area (Å²) in [5.74, 6) is 0. The molecule has 0 fully saturated rings. The highest BCUT2D eigenvalue weighted by Crippen LogP contribution is 2.15. The van der Waals surface area contributed by atoms with E-state index in [-0.39, 0.29) is 0 Å². The molecule has 3 nitrogen and oxygen atoms in total. The Morgan fingerprint density at radius 1 is 1.00 bits per heavy atom. The molecule has 17 heavy (non-hydrogen) atoms. The van der Waals surface area contributed by atoms with Crippen LogP contribution in [0.1, 0.15) is 21.5 Å². The zero-order chi connectivity index (χ0) is 12.1. The quantitative estimate of drug-likeness (QED) is 0.644. The van der Waals surface area contributed by atoms with Gasteiger partial charge in [0.2, 0.25) is 0 Å². The number of rotatable bonds is 3. The number of aromatic nitrogens is 1. The van der Waals surface area contributed by atoms with Crippen molar-refractivity contribution in [2.75, 3.05) is 5.73 Å². The van der Waals surface area contributed by atoms with Gasteiger partial charge in [-0.05, 0) is 41.5 Å². The monoisotopic (exact) mass is 224 g/mol. The van der Waals surface area contributed by atoms with Gasteiger partial charge in [0.25, 0.3) is 0 Å². The molecule has 1 aromatic carbocycles. The van der Waals surface area contributed by atoms with E-state index >= 15 is 0 Å². The highest BCUT2D eigenvalue weighted by atomic mass is 16.1. The summed E-state index contributed by atoms with van der Waals surface area (Å²) in [5, 5.41) is 0. The number of anilines is 1. The standard InChI is InChI=1S/C14H12N2O/c15-14-4-3-13(10-17)12(9-14)2-1-11-5-7-16-8-6-11/h1-10H,15H2/b2-1+. The molecule has 1 heterocycles. The zero-order valence-electron chi connectivity index (χ0n) is 9.21. The van der Waals surface area contributed by atoms with Crippen molar-refractivity contribution in [1.29, 1.82) is 0 Å². The minimum absolute atomic E-state index is 0.629. The number of aldehydes is 1. The number of benzene rings is 1. The highest BCUT2D eigenvalue weighted by Gasteiger charge is 1.98. The summed E-state index contributed by atoms with van der Waals surface area (Å²) < 4.78 is 0. The van der Waals surface area contributed by atoms with Gasteiger partial charge in [-0.15, -0.1) is 0 Å². The first-order valence-electron chi connectivity index (χ1n) is 5.22. The lowest BCUT2D eigenvalue weighted by Crippen LogP contribution is -1.90. The van der Waals surface area contributed by atoms with E-state index in [1.54, 1.807) is 30.6 Å². The van der Waals surface area contributed by atoms with E-state index in [4.69, 9.17) is 5.73 Å². The molecule has 1 aromatic heterocycles. The second kappa shape index (κ2) is 5.07. The summed E-state index contributed by atoms with van der Waals surface area (Å²) in [5.41, 5.74) is 8.81. The molecule has 0 saturated heterocycles. The van der Waals surface area contributed by atoms with Crippen molar-refractivity contribution in [3.8, 4) is 0 Å². The van der Waals surface area contributed by atoms with Crippen LogP contribution in [0.4, 0.5) is 5.69 Å². The molecule has 0 aliphatic carbocycles. The molecule has 0 saturated carbocycles. The third kappa shape index (κ3) is 2.78. The van der Waals surface area contributed by atoms with E-state index < -0.39 is 0 Å². The fraction of sp³-hybridized carbons (Fsp3) is 0. The zero-order valence-corrected chi connectivity index (χ0v) is 9.21. The van der Waals surface area contributed by atoms with Gasteiger partial charge in [0.15, 0.2) is 6.29 Å². The molecule has 0 atom stereocenters. The predicted molar refractivity (Wildman–Crippen MR) is 69.4 cm³/mol. The molecule has 0 aliphatic heterocycles. The van der Waals surface area contributed by atoms with Gasteiger partial charge in [-0.25, -0.2) is 0 Å². The number of carbonyl (C=O) groups is 1. The minimum Gasteiger partial charge on any atom is -0.399 e. The molecule has 2 aromatic rings. The maximum absolute atomic E-state index is 10.9. The number of nitrogens with zero attached hydrogens (tertiary/aromatic N) is 1. The van der Waals surface area contributed by atoms with Gasteiger partial charge in [-0.1, -0.05) is 12.2 Å². The van der Waals surface area contributed by atoms with Gasteiger partial charge in [-0.2, -0.15) is 0 Å². The lowest BCUT2D eigenvalue weighted by Gasteiger charge is -2.00. The van der Waals surface area contributed by atoms with E-state index in [2.05, 4.69) is 4.98 Å². The molecule has 0 unspecified atom stereocenters. The summed E-state index contributed by atoms with van der Waals surface area (Å²) in [6.45, 7) is 0. The Labute approximate surface area is 99.6 Å². The number of nitrogen functional groups attached to an aromatic ring is 1. The van der Waals surface area contributed by atoms with Crippen molar-refractivity contribution in [2.24, 2.45) is 0 Å². The van der Waals surface area contributed by atoms with E-state index in [1.165, 1.54) is 0 Å². The first-order chi connectivity index (χ1) is 8.29. The van der Waals surface area contributed by atoms with Crippen molar-refractivity contribution in [1.82, 2.24) is 4.98 Å². The van der Waals surface area contributed by atoms with Crippen LogP contribution in [0.25, 0.3) is 12.2 Å². The Hall–Kier alpha value is -2.42. The molecule has 0 bridgehead atoms. The van der Waals surface area contributed by atoms with Gasteiger partial charge in [0, 0.05) is 23.6 Å². The molecule has 0 amide bonds. The number of hydrogen-bond acceptors (Lipinski definition) is 3. The van der Waals surface area contributed by atoms with E-state index in [0.717, 1.165) is 17.4 Å². The number of nitrogens with two attached hydrogens (primary N) is 1.